The highest BCUT2D eigenvalue weighted by Crippen LogP contribution is 2.34. The molecule has 72 valence electrons. The summed E-state index contributed by atoms with van der Waals surface area (Å²) in [4.78, 5) is 0. The lowest BCUT2D eigenvalue weighted by Crippen LogP contribution is -1.78. The SMILES string of the molecule is Oc1ccc(-c2nnc(Br)s2)c(O)c1. The van der Waals surface area contributed by atoms with Gasteiger partial charge in [0.25, 0.3) is 0 Å². The van der Waals surface area contributed by atoms with Crippen LogP contribution in [0.15, 0.2) is 22.1 Å². The Labute approximate surface area is 92.0 Å². The normalized spacial score (nSPS) is 10.4. The quantitative estimate of drug-likeness (QED) is 0.837. The van der Waals surface area contributed by atoms with Gasteiger partial charge in [0, 0.05) is 6.07 Å². The van der Waals surface area contributed by atoms with Crippen molar-refractivity contribution in [3.05, 3.63) is 22.1 Å². The fraction of sp³-hybridized carbons (Fsp3) is 0. The van der Waals surface area contributed by atoms with Crippen LogP contribution in [0.3, 0.4) is 0 Å². The minimum Gasteiger partial charge on any atom is -0.508 e. The van der Waals surface area contributed by atoms with Crippen molar-refractivity contribution in [1.82, 2.24) is 10.2 Å². The second kappa shape index (κ2) is 3.55. The standard InChI is InChI=1S/C8H5BrN2O2S/c9-8-11-10-7(14-8)5-2-1-4(12)3-6(5)13/h1-3,12-13H. The summed E-state index contributed by atoms with van der Waals surface area (Å²) >= 11 is 4.50. The molecule has 0 aliphatic rings. The molecule has 0 amide bonds. The van der Waals surface area contributed by atoms with Gasteiger partial charge in [-0.05, 0) is 28.1 Å². The Kier molecular flexibility index (Phi) is 2.39. The monoisotopic (exact) mass is 272 g/mol. The van der Waals surface area contributed by atoms with E-state index in [2.05, 4.69) is 26.1 Å². The van der Waals surface area contributed by atoms with E-state index >= 15 is 0 Å². The summed E-state index contributed by atoms with van der Waals surface area (Å²) in [5, 5.41) is 26.8. The predicted molar refractivity (Wildman–Crippen MR) is 56.4 cm³/mol. The van der Waals surface area contributed by atoms with Crippen molar-refractivity contribution < 1.29 is 10.2 Å². The Morgan fingerprint density at radius 3 is 2.57 bits per heavy atom. The first-order valence-corrected chi connectivity index (χ1v) is 5.29. The molecule has 0 saturated heterocycles. The zero-order chi connectivity index (χ0) is 10.1. The van der Waals surface area contributed by atoms with Crippen molar-refractivity contribution in [3.63, 3.8) is 0 Å². The lowest BCUT2D eigenvalue weighted by atomic mass is 10.2. The summed E-state index contributed by atoms with van der Waals surface area (Å²) in [6.45, 7) is 0. The van der Waals surface area contributed by atoms with E-state index in [4.69, 9.17) is 5.11 Å². The first kappa shape index (κ1) is 9.42. The third-order valence-corrected chi connectivity index (χ3v) is 3.00. The predicted octanol–water partition coefficient (Wildman–Crippen LogP) is 2.38. The molecule has 2 N–H and O–H groups in total. The van der Waals surface area contributed by atoms with E-state index in [1.54, 1.807) is 6.07 Å². The van der Waals surface area contributed by atoms with Crippen LogP contribution in [-0.4, -0.2) is 20.4 Å². The van der Waals surface area contributed by atoms with Gasteiger partial charge in [-0.15, -0.1) is 10.2 Å². The summed E-state index contributed by atoms with van der Waals surface area (Å²) in [7, 11) is 0. The average molecular weight is 273 g/mol. The largest absolute Gasteiger partial charge is 0.508 e. The molecular formula is C8H5BrN2O2S. The molecule has 1 aromatic heterocycles. The minimum absolute atomic E-state index is 0.00588. The molecule has 0 saturated carbocycles. The molecule has 0 unspecified atom stereocenters. The van der Waals surface area contributed by atoms with Crippen LogP contribution in [-0.2, 0) is 0 Å². The molecule has 0 bridgehead atoms. The summed E-state index contributed by atoms with van der Waals surface area (Å²) in [6.07, 6.45) is 0. The van der Waals surface area contributed by atoms with Crippen LogP contribution in [0.1, 0.15) is 0 Å². The van der Waals surface area contributed by atoms with Gasteiger partial charge >= 0.3 is 0 Å². The van der Waals surface area contributed by atoms with Crippen molar-refractivity contribution >= 4 is 27.3 Å². The number of hydrogen-bond donors (Lipinski definition) is 2. The van der Waals surface area contributed by atoms with E-state index in [0.29, 0.717) is 14.5 Å². The number of phenols is 2. The van der Waals surface area contributed by atoms with Gasteiger partial charge < -0.3 is 10.2 Å². The average Bonchev–Trinajstić information content (AvgIpc) is 2.51. The molecule has 0 fully saturated rings. The number of halogens is 1. The van der Waals surface area contributed by atoms with Gasteiger partial charge in [0.2, 0.25) is 0 Å². The second-order valence-electron chi connectivity index (χ2n) is 2.56. The van der Waals surface area contributed by atoms with Crippen LogP contribution in [0.2, 0.25) is 0 Å². The number of phenolic OH excluding ortho intramolecular Hbond substituents is 2. The highest BCUT2D eigenvalue weighted by Gasteiger charge is 2.09. The Morgan fingerprint density at radius 1 is 1.21 bits per heavy atom. The molecule has 1 aromatic carbocycles. The van der Waals surface area contributed by atoms with Crippen molar-refractivity contribution in [2.24, 2.45) is 0 Å². The van der Waals surface area contributed by atoms with Crippen molar-refractivity contribution in [2.45, 2.75) is 0 Å². The van der Waals surface area contributed by atoms with Gasteiger partial charge in [0.1, 0.15) is 11.5 Å². The molecular weight excluding hydrogens is 268 g/mol. The summed E-state index contributed by atoms with van der Waals surface area (Å²) in [5.41, 5.74) is 0.561. The molecule has 0 atom stereocenters. The van der Waals surface area contributed by atoms with Gasteiger partial charge in [0.15, 0.2) is 8.92 Å². The van der Waals surface area contributed by atoms with E-state index in [9.17, 15) is 5.11 Å². The topological polar surface area (TPSA) is 66.2 Å². The van der Waals surface area contributed by atoms with Gasteiger partial charge in [0.05, 0.1) is 5.56 Å². The van der Waals surface area contributed by atoms with Gasteiger partial charge in [-0.2, -0.15) is 0 Å². The molecule has 4 nitrogen and oxygen atoms in total. The van der Waals surface area contributed by atoms with Gasteiger partial charge in [-0.1, -0.05) is 11.3 Å². The zero-order valence-corrected chi connectivity index (χ0v) is 9.21. The summed E-state index contributed by atoms with van der Waals surface area (Å²) < 4.78 is 0.653. The minimum atomic E-state index is -0.00588. The Morgan fingerprint density at radius 2 is 2.00 bits per heavy atom. The molecule has 0 radical (unpaired) electrons. The first-order valence-electron chi connectivity index (χ1n) is 3.68. The van der Waals surface area contributed by atoms with Crippen LogP contribution >= 0.6 is 27.3 Å². The Hall–Kier alpha value is -1.14. The fourth-order valence-electron chi connectivity index (χ4n) is 1.02. The number of aromatic nitrogens is 2. The maximum Gasteiger partial charge on any atom is 0.183 e. The Balaban J connectivity index is 2.52. The fourth-order valence-corrected chi connectivity index (χ4v) is 2.16. The summed E-state index contributed by atoms with van der Waals surface area (Å²) in [6, 6.07) is 4.35. The smallest absolute Gasteiger partial charge is 0.183 e. The summed E-state index contributed by atoms with van der Waals surface area (Å²) in [5.74, 6) is 0.0171. The van der Waals surface area contributed by atoms with E-state index in [1.165, 1.54) is 23.5 Å². The van der Waals surface area contributed by atoms with E-state index in [-0.39, 0.29) is 11.5 Å². The third-order valence-electron chi connectivity index (χ3n) is 1.61. The van der Waals surface area contributed by atoms with Crippen molar-refractivity contribution in [2.75, 3.05) is 0 Å². The number of aromatic hydroxyl groups is 2. The molecule has 0 aliphatic carbocycles. The molecule has 6 heteroatoms. The van der Waals surface area contributed by atoms with Gasteiger partial charge in [-0.25, -0.2) is 0 Å². The number of hydrogen-bond acceptors (Lipinski definition) is 5. The Bertz CT molecular complexity index is 472. The van der Waals surface area contributed by atoms with Crippen molar-refractivity contribution in [3.8, 4) is 22.1 Å². The molecule has 1 heterocycles. The van der Waals surface area contributed by atoms with E-state index in [0.717, 1.165) is 0 Å². The zero-order valence-electron chi connectivity index (χ0n) is 6.81. The molecule has 0 aliphatic heterocycles. The molecule has 2 rings (SSSR count). The first-order chi connectivity index (χ1) is 6.66. The lowest BCUT2D eigenvalue weighted by Gasteiger charge is -1.99. The highest BCUT2D eigenvalue weighted by molar-refractivity contribution is 9.11. The van der Waals surface area contributed by atoms with Gasteiger partial charge in [-0.3, -0.25) is 0 Å². The number of nitrogens with zero attached hydrogens (tertiary/aromatic N) is 2. The van der Waals surface area contributed by atoms with Crippen LogP contribution in [0.4, 0.5) is 0 Å². The number of benzene rings is 1. The number of rotatable bonds is 1. The third kappa shape index (κ3) is 1.71. The molecule has 0 spiro atoms. The van der Waals surface area contributed by atoms with E-state index < -0.39 is 0 Å². The van der Waals surface area contributed by atoms with Crippen LogP contribution in [0, 0.1) is 0 Å². The van der Waals surface area contributed by atoms with Crippen LogP contribution in [0.5, 0.6) is 11.5 Å². The van der Waals surface area contributed by atoms with Crippen molar-refractivity contribution in [1.29, 1.82) is 0 Å². The lowest BCUT2D eigenvalue weighted by molar-refractivity contribution is 0.452. The van der Waals surface area contributed by atoms with E-state index in [1.807, 2.05) is 0 Å². The van der Waals surface area contributed by atoms with Crippen LogP contribution in [0.25, 0.3) is 10.6 Å². The molecule has 14 heavy (non-hydrogen) atoms. The van der Waals surface area contributed by atoms with Crippen LogP contribution < -0.4 is 0 Å². The second-order valence-corrected chi connectivity index (χ2v) is 4.82. The molecule has 2 aromatic rings. The maximum atomic E-state index is 9.52. The highest BCUT2D eigenvalue weighted by atomic mass is 79.9. The maximum absolute atomic E-state index is 9.52.